The fraction of sp³-hybridized carbons (Fsp3) is 0.300. The summed E-state index contributed by atoms with van der Waals surface area (Å²) in [5.74, 6) is 0.742. The summed E-state index contributed by atoms with van der Waals surface area (Å²) in [7, 11) is 0. The number of aryl methyl sites for hydroxylation is 1. The Labute approximate surface area is 153 Å². The number of hydrogen-bond acceptors (Lipinski definition) is 5. The first-order valence-corrected chi connectivity index (χ1v) is 8.77. The Morgan fingerprint density at radius 3 is 2.77 bits per heavy atom. The van der Waals surface area contributed by atoms with Gasteiger partial charge in [-0.3, -0.25) is 9.78 Å². The van der Waals surface area contributed by atoms with Crippen LogP contribution in [-0.4, -0.2) is 27.4 Å². The Kier molecular flexibility index (Phi) is 5.41. The quantitative estimate of drug-likeness (QED) is 0.706. The Bertz CT molecular complexity index is 918. The minimum Gasteiger partial charge on any atom is -0.351 e. The normalized spacial score (nSPS) is 10.9. The fourth-order valence-corrected chi connectivity index (χ4v) is 2.63. The number of benzene rings is 1. The van der Waals surface area contributed by atoms with Crippen molar-refractivity contribution in [2.45, 2.75) is 27.2 Å². The van der Waals surface area contributed by atoms with Gasteiger partial charge in [0.25, 0.3) is 5.91 Å². The lowest BCUT2D eigenvalue weighted by molar-refractivity contribution is 0.0947. The maximum absolute atomic E-state index is 12.4. The smallest absolute Gasteiger partial charge is 0.270 e. The molecule has 0 unspecified atom stereocenters. The topological polar surface area (TPSA) is 79.8 Å². The molecule has 3 aromatic rings. The number of anilines is 2. The summed E-state index contributed by atoms with van der Waals surface area (Å²) in [5, 5.41) is 7.13. The zero-order chi connectivity index (χ0) is 18.5. The van der Waals surface area contributed by atoms with Crippen LogP contribution >= 0.6 is 0 Å². The SMILES string of the molecule is Cc1cc(C(=O)NCCC(C)C)nc(Nc2cccc3cccnc23)n1. The van der Waals surface area contributed by atoms with E-state index in [9.17, 15) is 4.79 Å². The molecule has 0 saturated heterocycles. The molecule has 2 heterocycles. The van der Waals surface area contributed by atoms with E-state index in [1.807, 2.05) is 37.3 Å². The molecule has 26 heavy (non-hydrogen) atoms. The van der Waals surface area contributed by atoms with Gasteiger partial charge in [-0.2, -0.15) is 0 Å². The summed E-state index contributed by atoms with van der Waals surface area (Å²) < 4.78 is 0. The van der Waals surface area contributed by atoms with Gasteiger partial charge < -0.3 is 10.6 Å². The Balaban J connectivity index is 1.82. The van der Waals surface area contributed by atoms with Gasteiger partial charge in [0.15, 0.2) is 0 Å². The van der Waals surface area contributed by atoms with E-state index in [2.05, 4.69) is 39.4 Å². The van der Waals surface area contributed by atoms with E-state index in [4.69, 9.17) is 0 Å². The van der Waals surface area contributed by atoms with Gasteiger partial charge in [0.1, 0.15) is 5.69 Å². The van der Waals surface area contributed by atoms with Crippen LogP contribution in [0.1, 0.15) is 36.5 Å². The van der Waals surface area contributed by atoms with Crippen molar-refractivity contribution in [3.63, 3.8) is 0 Å². The van der Waals surface area contributed by atoms with Crippen molar-refractivity contribution in [3.05, 3.63) is 54.0 Å². The number of amides is 1. The predicted octanol–water partition coefficient (Wildman–Crippen LogP) is 3.85. The first-order chi connectivity index (χ1) is 12.5. The number of fused-ring (bicyclic) bond motifs is 1. The van der Waals surface area contributed by atoms with Crippen LogP contribution in [0.3, 0.4) is 0 Å². The molecule has 0 aliphatic carbocycles. The van der Waals surface area contributed by atoms with Gasteiger partial charge in [0, 0.05) is 23.8 Å². The number of carbonyl (C=O) groups excluding carboxylic acids is 1. The van der Waals surface area contributed by atoms with Crippen LogP contribution in [0, 0.1) is 12.8 Å². The van der Waals surface area contributed by atoms with Crippen LogP contribution in [0.2, 0.25) is 0 Å². The van der Waals surface area contributed by atoms with Crippen LogP contribution in [0.15, 0.2) is 42.6 Å². The molecule has 0 atom stereocenters. The fourth-order valence-electron chi connectivity index (χ4n) is 2.63. The summed E-state index contributed by atoms with van der Waals surface area (Å²) in [4.78, 5) is 25.5. The molecule has 134 valence electrons. The van der Waals surface area contributed by atoms with Gasteiger partial charge >= 0.3 is 0 Å². The predicted molar refractivity (Wildman–Crippen MR) is 104 cm³/mol. The Morgan fingerprint density at radius 2 is 1.96 bits per heavy atom. The monoisotopic (exact) mass is 349 g/mol. The third-order valence-corrected chi connectivity index (χ3v) is 3.97. The number of aromatic nitrogens is 3. The van der Waals surface area contributed by atoms with Crippen molar-refractivity contribution in [2.24, 2.45) is 5.92 Å². The van der Waals surface area contributed by atoms with Crippen LogP contribution in [0.5, 0.6) is 0 Å². The molecule has 6 heteroatoms. The summed E-state index contributed by atoms with van der Waals surface area (Å²) in [5.41, 5.74) is 2.73. The number of hydrogen-bond donors (Lipinski definition) is 2. The lowest BCUT2D eigenvalue weighted by Crippen LogP contribution is -2.26. The first kappa shape index (κ1) is 17.8. The van der Waals surface area contributed by atoms with E-state index < -0.39 is 0 Å². The van der Waals surface area contributed by atoms with Crippen molar-refractivity contribution < 1.29 is 4.79 Å². The molecule has 2 aromatic heterocycles. The molecule has 3 rings (SSSR count). The highest BCUT2D eigenvalue weighted by Gasteiger charge is 2.11. The lowest BCUT2D eigenvalue weighted by atomic mass is 10.1. The van der Waals surface area contributed by atoms with E-state index in [1.165, 1.54) is 0 Å². The van der Waals surface area contributed by atoms with E-state index in [0.717, 1.165) is 28.7 Å². The van der Waals surface area contributed by atoms with Crippen LogP contribution < -0.4 is 10.6 Å². The number of para-hydroxylation sites is 1. The zero-order valence-electron chi connectivity index (χ0n) is 15.3. The van der Waals surface area contributed by atoms with Crippen molar-refractivity contribution in [1.29, 1.82) is 0 Å². The third kappa shape index (κ3) is 4.33. The molecule has 2 N–H and O–H groups in total. The van der Waals surface area contributed by atoms with Crippen molar-refractivity contribution in [2.75, 3.05) is 11.9 Å². The van der Waals surface area contributed by atoms with Crippen LogP contribution in [0.4, 0.5) is 11.6 Å². The van der Waals surface area contributed by atoms with Gasteiger partial charge in [-0.15, -0.1) is 0 Å². The maximum atomic E-state index is 12.4. The number of nitrogens with one attached hydrogen (secondary N) is 2. The largest absolute Gasteiger partial charge is 0.351 e. The maximum Gasteiger partial charge on any atom is 0.270 e. The lowest BCUT2D eigenvalue weighted by Gasteiger charge is -2.11. The molecule has 0 radical (unpaired) electrons. The second-order valence-corrected chi connectivity index (χ2v) is 6.66. The number of rotatable bonds is 6. The Morgan fingerprint density at radius 1 is 1.15 bits per heavy atom. The standard InChI is InChI=1S/C20H23N5O/c1-13(2)9-11-22-19(26)17-12-14(3)23-20(25-17)24-16-8-4-6-15-7-5-10-21-18(15)16/h4-8,10,12-13H,9,11H2,1-3H3,(H,22,26)(H,23,24,25). The van der Waals surface area contributed by atoms with E-state index in [0.29, 0.717) is 24.1 Å². The molecule has 1 amide bonds. The summed E-state index contributed by atoms with van der Waals surface area (Å²) in [6.45, 7) is 6.73. The third-order valence-electron chi connectivity index (χ3n) is 3.97. The highest BCUT2D eigenvalue weighted by Crippen LogP contribution is 2.23. The molecule has 0 aliphatic heterocycles. The number of carbonyl (C=O) groups is 1. The average molecular weight is 349 g/mol. The Hall–Kier alpha value is -3.02. The molecule has 0 spiro atoms. The zero-order valence-corrected chi connectivity index (χ0v) is 15.3. The minimum atomic E-state index is -0.185. The molecule has 6 nitrogen and oxygen atoms in total. The molecule has 0 aliphatic rings. The summed E-state index contributed by atoms with van der Waals surface area (Å²) in [6, 6.07) is 11.5. The molecular weight excluding hydrogens is 326 g/mol. The van der Waals surface area contributed by atoms with Gasteiger partial charge in [-0.25, -0.2) is 9.97 Å². The van der Waals surface area contributed by atoms with Crippen molar-refractivity contribution in [3.8, 4) is 0 Å². The molecule has 0 bridgehead atoms. The molecule has 0 fully saturated rings. The van der Waals surface area contributed by atoms with Gasteiger partial charge in [-0.1, -0.05) is 32.0 Å². The van der Waals surface area contributed by atoms with Crippen molar-refractivity contribution in [1.82, 2.24) is 20.3 Å². The summed E-state index contributed by atoms with van der Waals surface area (Å²) in [6.07, 6.45) is 2.68. The minimum absolute atomic E-state index is 0.185. The van der Waals surface area contributed by atoms with E-state index in [-0.39, 0.29) is 5.91 Å². The van der Waals surface area contributed by atoms with Gasteiger partial charge in [-0.05, 0) is 37.5 Å². The second kappa shape index (κ2) is 7.91. The summed E-state index contributed by atoms with van der Waals surface area (Å²) >= 11 is 0. The first-order valence-electron chi connectivity index (χ1n) is 8.77. The van der Waals surface area contributed by atoms with Crippen molar-refractivity contribution >= 4 is 28.4 Å². The highest BCUT2D eigenvalue weighted by atomic mass is 16.1. The highest BCUT2D eigenvalue weighted by molar-refractivity contribution is 5.93. The van der Waals surface area contributed by atoms with E-state index >= 15 is 0 Å². The van der Waals surface area contributed by atoms with Crippen LogP contribution in [0.25, 0.3) is 10.9 Å². The van der Waals surface area contributed by atoms with Gasteiger partial charge in [0.2, 0.25) is 5.95 Å². The average Bonchev–Trinajstić information content (AvgIpc) is 2.61. The van der Waals surface area contributed by atoms with Gasteiger partial charge in [0.05, 0.1) is 11.2 Å². The van der Waals surface area contributed by atoms with E-state index in [1.54, 1.807) is 12.3 Å². The van der Waals surface area contributed by atoms with Crippen LogP contribution in [-0.2, 0) is 0 Å². The number of pyridine rings is 1. The molecule has 1 aromatic carbocycles. The molecular formula is C20H23N5O. The second-order valence-electron chi connectivity index (χ2n) is 6.66. The molecule has 0 saturated carbocycles. The number of nitrogens with zero attached hydrogens (tertiary/aromatic N) is 3.